The van der Waals surface area contributed by atoms with Gasteiger partial charge in [0.05, 0.1) is 0 Å². The summed E-state index contributed by atoms with van der Waals surface area (Å²) in [4.78, 5) is 11.1. The van der Waals surface area contributed by atoms with Crippen LogP contribution in [0.5, 0.6) is 0 Å². The zero-order valence-electron chi connectivity index (χ0n) is 12.1. The second kappa shape index (κ2) is 6.41. The van der Waals surface area contributed by atoms with Crippen LogP contribution in [0.2, 0.25) is 0 Å². The number of carboxylic acid groups (broad SMARTS) is 1. The third-order valence-corrected chi connectivity index (χ3v) is 6.36. The fraction of sp³-hybridized carbons (Fsp3) is 0.615. The smallest absolute Gasteiger partial charge is 0.352 e. The minimum absolute atomic E-state index is 0.00807. The molecule has 1 aromatic rings. The van der Waals surface area contributed by atoms with E-state index < -0.39 is 16.0 Å². The number of carbonyl (C=O) groups is 1. The molecule has 2 atom stereocenters. The Morgan fingerprint density at radius 2 is 2.24 bits per heavy atom. The maximum absolute atomic E-state index is 12.4. The highest BCUT2D eigenvalue weighted by Gasteiger charge is 2.29. The number of hydrogen-bond donors (Lipinski definition) is 2. The zero-order valence-corrected chi connectivity index (χ0v) is 13.7. The van der Waals surface area contributed by atoms with Crippen molar-refractivity contribution in [3.63, 3.8) is 0 Å². The molecule has 0 aliphatic heterocycles. The van der Waals surface area contributed by atoms with Crippen LogP contribution in [0.3, 0.4) is 0 Å². The van der Waals surface area contributed by atoms with Crippen LogP contribution in [0.4, 0.5) is 0 Å². The van der Waals surface area contributed by atoms with Gasteiger partial charge in [-0.05, 0) is 38.5 Å². The summed E-state index contributed by atoms with van der Waals surface area (Å²) in [5.74, 6) is -1.12. The minimum atomic E-state index is -3.66. The summed E-state index contributed by atoms with van der Waals surface area (Å²) >= 11 is 1.76. The van der Waals surface area contributed by atoms with Gasteiger partial charge < -0.3 is 9.67 Å². The summed E-state index contributed by atoms with van der Waals surface area (Å²) in [6.07, 6.45) is 6.06. The highest BCUT2D eigenvalue weighted by molar-refractivity contribution is 7.99. The number of thioether (sulfide) groups is 1. The van der Waals surface area contributed by atoms with Crippen LogP contribution in [-0.2, 0) is 16.6 Å². The standard InChI is InChI=1S/C13H20N2O4S2/c1-3-15-8-11(7-12(15)13(16)17)21(18,19)14-9-4-5-10(6-9)20-2/h7-10,14H,3-6H2,1-2H3,(H,16,17). The Kier molecular flexibility index (Phi) is 5.00. The van der Waals surface area contributed by atoms with E-state index in [1.807, 2.05) is 6.26 Å². The SMILES string of the molecule is CCn1cc(S(=O)(=O)NC2CCC(SC)C2)cc1C(=O)O. The molecule has 1 saturated carbocycles. The van der Waals surface area contributed by atoms with Gasteiger partial charge in [-0.2, -0.15) is 11.8 Å². The van der Waals surface area contributed by atoms with Crippen LogP contribution >= 0.6 is 11.8 Å². The normalized spacial score (nSPS) is 22.6. The number of rotatable bonds is 6. The van der Waals surface area contributed by atoms with E-state index in [9.17, 15) is 13.2 Å². The summed E-state index contributed by atoms with van der Waals surface area (Å²) in [7, 11) is -3.66. The molecule has 2 N–H and O–H groups in total. The third-order valence-electron chi connectivity index (χ3n) is 3.78. The molecule has 0 radical (unpaired) electrons. The molecular formula is C13H20N2O4S2. The number of aryl methyl sites for hydroxylation is 1. The second-order valence-electron chi connectivity index (χ2n) is 5.14. The molecule has 118 valence electrons. The Hall–Kier alpha value is -0.990. The van der Waals surface area contributed by atoms with E-state index in [-0.39, 0.29) is 16.6 Å². The Morgan fingerprint density at radius 1 is 1.52 bits per heavy atom. The molecule has 8 heteroatoms. The van der Waals surface area contributed by atoms with Crippen molar-refractivity contribution >= 4 is 27.8 Å². The van der Waals surface area contributed by atoms with Crippen molar-refractivity contribution in [3.05, 3.63) is 18.0 Å². The average molecular weight is 332 g/mol. The number of aromatic carboxylic acids is 1. The Balaban J connectivity index is 2.18. The molecule has 1 aliphatic carbocycles. The van der Waals surface area contributed by atoms with Crippen molar-refractivity contribution in [2.45, 2.75) is 48.9 Å². The van der Waals surface area contributed by atoms with E-state index in [1.165, 1.54) is 16.8 Å². The molecule has 2 rings (SSSR count). The maximum Gasteiger partial charge on any atom is 0.352 e. The average Bonchev–Trinajstić information content (AvgIpc) is 3.04. The lowest BCUT2D eigenvalue weighted by molar-refractivity contribution is 0.0685. The lowest BCUT2D eigenvalue weighted by Crippen LogP contribution is -2.33. The molecule has 0 aromatic carbocycles. The first-order chi connectivity index (χ1) is 9.87. The summed E-state index contributed by atoms with van der Waals surface area (Å²) in [6, 6.07) is 1.15. The van der Waals surface area contributed by atoms with Gasteiger partial charge in [0.25, 0.3) is 0 Å². The van der Waals surface area contributed by atoms with Gasteiger partial charge >= 0.3 is 5.97 Å². The van der Waals surface area contributed by atoms with Gasteiger partial charge in [0.1, 0.15) is 10.6 Å². The van der Waals surface area contributed by atoms with Crippen LogP contribution in [0.15, 0.2) is 17.2 Å². The fourth-order valence-corrected chi connectivity index (χ4v) is 4.74. The third kappa shape index (κ3) is 3.61. The van der Waals surface area contributed by atoms with Gasteiger partial charge in [0.2, 0.25) is 10.0 Å². The van der Waals surface area contributed by atoms with Gasteiger partial charge in [-0.15, -0.1) is 0 Å². The topological polar surface area (TPSA) is 88.4 Å². The van der Waals surface area contributed by atoms with Crippen molar-refractivity contribution in [1.29, 1.82) is 0 Å². The van der Waals surface area contributed by atoms with Crippen molar-refractivity contribution in [2.75, 3.05) is 6.26 Å². The predicted octanol–water partition coefficient (Wildman–Crippen LogP) is 1.77. The summed E-state index contributed by atoms with van der Waals surface area (Å²) in [6.45, 7) is 2.19. The van der Waals surface area contributed by atoms with E-state index in [2.05, 4.69) is 4.72 Å². The Bertz CT molecular complexity index is 624. The van der Waals surface area contributed by atoms with Crippen LogP contribution < -0.4 is 4.72 Å². The number of hydrogen-bond acceptors (Lipinski definition) is 4. The first kappa shape index (κ1) is 16.4. The molecule has 0 amide bonds. The molecule has 1 fully saturated rings. The Morgan fingerprint density at radius 3 is 2.71 bits per heavy atom. The number of sulfonamides is 1. The molecule has 0 spiro atoms. The van der Waals surface area contributed by atoms with Crippen molar-refractivity contribution in [2.24, 2.45) is 0 Å². The largest absolute Gasteiger partial charge is 0.477 e. The molecule has 0 bridgehead atoms. The second-order valence-corrected chi connectivity index (χ2v) is 7.99. The van der Waals surface area contributed by atoms with Crippen LogP contribution in [0.1, 0.15) is 36.7 Å². The molecular weight excluding hydrogens is 312 g/mol. The van der Waals surface area contributed by atoms with Gasteiger partial charge in [0.15, 0.2) is 0 Å². The molecule has 1 aliphatic rings. The lowest BCUT2D eigenvalue weighted by Gasteiger charge is -2.12. The van der Waals surface area contributed by atoms with E-state index >= 15 is 0 Å². The van der Waals surface area contributed by atoms with Gasteiger partial charge in [-0.3, -0.25) is 0 Å². The monoisotopic (exact) mass is 332 g/mol. The van der Waals surface area contributed by atoms with Gasteiger partial charge in [0, 0.05) is 24.0 Å². The molecule has 21 heavy (non-hydrogen) atoms. The van der Waals surface area contributed by atoms with Crippen molar-refractivity contribution in [1.82, 2.24) is 9.29 Å². The maximum atomic E-state index is 12.4. The van der Waals surface area contributed by atoms with E-state index in [0.29, 0.717) is 11.8 Å². The number of nitrogens with zero attached hydrogens (tertiary/aromatic N) is 1. The zero-order chi connectivity index (χ0) is 15.6. The summed E-state index contributed by atoms with van der Waals surface area (Å²) in [5.41, 5.74) is -0.00807. The molecule has 2 unspecified atom stereocenters. The highest BCUT2D eigenvalue weighted by atomic mass is 32.2. The van der Waals surface area contributed by atoms with Crippen molar-refractivity contribution < 1.29 is 18.3 Å². The highest BCUT2D eigenvalue weighted by Crippen LogP contribution is 2.29. The number of carboxylic acids is 1. The van der Waals surface area contributed by atoms with E-state index in [1.54, 1.807) is 18.7 Å². The molecule has 6 nitrogen and oxygen atoms in total. The molecule has 1 heterocycles. The number of aromatic nitrogens is 1. The van der Waals surface area contributed by atoms with Crippen LogP contribution in [0, 0.1) is 0 Å². The van der Waals surface area contributed by atoms with Crippen LogP contribution in [-0.4, -0.2) is 41.6 Å². The van der Waals surface area contributed by atoms with E-state index in [0.717, 1.165) is 19.3 Å². The predicted molar refractivity (Wildman–Crippen MR) is 82.3 cm³/mol. The van der Waals surface area contributed by atoms with Crippen LogP contribution in [0.25, 0.3) is 0 Å². The first-order valence-corrected chi connectivity index (χ1v) is 9.63. The van der Waals surface area contributed by atoms with E-state index in [4.69, 9.17) is 5.11 Å². The fourth-order valence-electron chi connectivity index (χ4n) is 2.62. The first-order valence-electron chi connectivity index (χ1n) is 6.86. The van der Waals surface area contributed by atoms with Gasteiger partial charge in [-0.1, -0.05) is 0 Å². The minimum Gasteiger partial charge on any atom is -0.477 e. The van der Waals surface area contributed by atoms with Gasteiger partial charge in [-0.25, -0.2) is 17.9 Å². The Labute approximate surface area is 129 Å². The quantitative estimate of drug-likeness (QED) is 0.829. The summed E-state index contributed by atoms with van der Waals surface area (Å²) < 4.78 is 28.8. The number of nitrogens with one attached hydrogen (secondary N) is 1. The summed E-state index contributed by atoms with van der Waals surface area (Å²) in [5, 5.41) is 9.58. The molecule has 0 saturated heterocycles. The lowest BCUT2D eigenvalue weighted by atomic mass is 10.3. The van der Waals surface area contributed by atoms with Crippen molar-refractivity contribution in [3.8, 4) is 0 Å². The molecule has 1 aromatic heterocycles.